The van der Waals surface area contributed by atoms with Crippen molar-refractivity contribution >= 4 is 18.0 Å². The normalized spacial score (nSPS) is 21.5. The summed E-state index contributed by atoms with van der Waals surface area (Å²) in [7, 11) is 1.45. The molecule has 1 saturated heterocycles. The van der Waals surface area contributed by atoms with Crippen molar-refractivity contribution in [1.29, 1.82) is 0 Å². The number of nitrogens with zero attached hydrogens (tertiary/aromatic N) is 1. The van der Waals surface area contributed by atoms with Gasteiger partial charge in [-0.2, -0.15) is 0 Å². The zero-order valence-corrected chi connectivity index (χ0v) is 15.8. The van der Waals surface area contributed by atoms with Crippen LogP contribution in [0.1, 0.15) is 45.6 Å². The van der Waals surface area contributed by atoms with E-state index in [0.717, 1.165) is 19.3 Å². The highest BCUT2D eigenvalue weighted by Crippen LogP contribution is 2.27. The third-order valence-corrected chi connectivity index (χ3v) is 4.70. The number of phenolic OH excluding ortho intramolecular Hbond substituents is 1. The van der Waals surface area contributed by atoms with E-state index >= 15 is 0 Å². The molecule has 0 unspecified atom stereocenters. The molecular weight excluding hydrogens is 334 g/mol. The maximum atomic E-state index is 12.6. The van der Waals surface area contributed by atoms with Gasteiger partial charge in [0.2, 0.25) is 0 Å². The van der Waals surface area contributed by atoms with Gasteiger partial charge in [0.1, 0.15) is 0 Å². The Hall–Kier alpha value is -2.50. The first-order valence-electron chi connectivity index (χ1n) is 8.91. The number of aromatic hydroxyl groups is 1. The summed E-state index contributed by atoms with van der Waals surface area (Å²) in [5, 5.41) is 9.58. The van der Waals surface area contributed by atoms with E-state index in [1.54, 1.807) is 25.1 Å². The van der Waals surface area contributed by atoms with Crippen LogP contribution in [0.2, 0.25) is 0 Å². The number of phenols is 1. The molecule has 0 aromatic heterocycles. The highest BCUT2D eigenvalue weighted by Gasteiger charge is 2.32. The minimum atomic E-state index is -0.829. The Morgan fingerprint density at radius 2 is 1.92 bits per heavy atom. The lowest BCUT2D eigenvalue weighted by Crippen LogP contribution is -2.51. The number of carbonyl (C=O) groups excluding carboxylic acids is 2. The van der Waals surface area contributed by atoms with E-state index in [1.165, 1.54) is 19.3 Å². The average Bonchev–Trinajstić information content (AvgIpc) is 2.60. The number of amides is 1. The maximum Gasteiger partial charge on any atom is 0.331 e. The number of carbonyl (C=O) groups is 2. The second-order valence-corrected chi connectivity index (χ2v) is 6.72. The summed E-state index contributed by atoms with van der Waals surface area (Å²) in [6, 6.07) is 5.05. The molecule has 1 aromatic rings. The van der Waals surface area contributed by atoms with Gasteiger partial charge in [-0.3, -0.25) is 4.79 Å². The van der Waals surface area contributed by atoms with Crippen LogP contribution in [0.5, 0.6) is 11.5 Å². The van der Waals surface area contributed by atoms with E-state index in [4.69, 9.17) is 9.47 Å². The van der Waals surface area contributed by atoms with Gasteiger partial charge >= 0.3 is 5.97 Å². The van der Waals surface area contributed by atoms with E-state index in [-0.39, 0.29) is 23.7 Å². The fourth-order valence-corrected chi connectivity index (χ4v) is 3.29. The van der Waals surface area contributed by atoms with Gasteiger partial charge < -0.3 is 19.5 Å². The van der Waals surface area contributed by atoms with Gasteiger partial charge in [-0.1, -0.05) is 6.07 Å². The third-order valence-electron chi connectivity index (χ3n) is 4.70. The molecule has 0 radical (unpaired) electrons. The topological polar surface area (TPSA) is 76.1 Å². The molecule has 1 fully saturated rings. The zero-order valence-electron chi connectivity index (χ0n) is 15.8. The summed E-state index contributed by atoms with van der Waals surface area (Å²) >= 11 is 0. The number of rotatable bonds is 5. The molecule has 1 amide bonds. The molecule has 2 rings (SSSR count). The van der Waals surface area contributed by atoms with Crippen LogP contribution in [0.4, 0.5) is 0 Å². The minimum Gasteiger partial charge on any atom is -0.504 e. The van der Waals surface area contributed by atoms with Crippen molar-refractivity contribution in [3.63, 3.8) is 0 Å². The van der Waals surface area contributed by atoms with Gasteiger partial charge in [0, 0.05) is 18.2 Å². The Balaban J connectivity index is 1.97. The molecule has 1 aliphatic rings. The highest BCUT2D eigenvalue weighted by atomic mass is 16.5. The Bertz CT molecular complexity index is 675. The van der Waals surface area contributed by atoms with Gasteiger partial charge in [0.05, 0.1) is 7.11 Å². The number of methoxy groups -OCH3 is 1. The maximum absolute atomic E-state index is 12.6. The largest absolute Gasteiger partial charge is 0.504 e. The van der Waals surface area contributed by atoms with Crippen LogP contribution in [0.3, 0.4) is 0 Å². The number of hydrogen-bond donors (Lipinski definition) is 1. The van der Waals surface area contributed by atoms with Gasteiger partial charge in [-0.15, -0.1) is 0 Å². The van der Waals surface area contributed by atoms with Crippen molar-refractivity contribution in [3.8, 4) is 11.5 Å². The Morgan fingerprint density at radius 3 is 2.54 bits per heavy atom. The van der Waals surface area contributed by atoms with Gasteiger partial charge in [0.25, 0.3) is 5.91 Å². The van der Waals surface area contributed by atoms with E-state index in [9.17, 15) is 14.7 Å². The summed E-state index contributed by atoms with van der Waals surface area (Å²) in [5.41, 5.74) is 0.675. The molecule has 1 aliphatic heterocycles. The number of benzene rings is 1. The molecule has 142 valence electrons. The SMILES string of the molecule is COc1cc(/C=C/C(=O)O[C@H](C)C(=O)N2[C@H](C)CCC[C@H]2C)ccc1O. The number of ether oxygens (including phenoxy) is 2. The van der Waals surface area contributed by atoms with Crippen LogP contribution >= 0.6 is 0 Å². The second-order valence-electron chi connectivity index (χ2n) is 6.72. The molecule has 1 N–H and O–H groups in total. The van der Waals surface area contributed by atoms with Gasteiger partial charge in [-0.25, -0.2) is 4.79 Å². The first kappa shape index (κ1) is 19.8. The number of piperidine rings is 1. The smallest absolute Gasteiger partial charge is 0.331 e. The Kier molecular flexibility index (Phi) is 6.66. The van der Waals surface area contributed by atoms with Crippen LogP contribution in [-0.2, 0) is 14.3 Å². The minimum absolute atomic E-state index is 0.0243. The van der Waals surface area contributed by atoms with Crippen molar-refractivity contribution < 1.29 is 24.2 Å². The summed E-state index contributed by atoms with van der Waals surface area (Å²) < 4.78 is 10.3. The van der Waals surface area contributed by atoms with Crippen LogP contribution in [0, 0.1) is 0 Å². The third kappa shape index (κ3) is 4.77. The summed E-state index contributed by atoms with van der Waals surface area (Å²) in [6.07, 6.45) is 5.04. The summed E-state index contributed by atoms with van der Waals surface area (Å²) in [5.74, 6) is -0.402. The molecule has 3 atom stereocenters. The highest BCUT2D eigenvalue weighted by molar-refractivity contribution is 5.90. The Morgan fingerprint density at radius 1 is 1.27 bits per heavy atom. The van der Waals surface area contributed by atoms with E-state index in [0.29, 0.717) is 11.3 Å². The molecule has 0 spiro atoms. The molecule has 0 aliphatic carbocycles. The molecule has 0 bridgehead atoms. The zero-order chi connectivity index (χ0) is 19.3. The fraction of sp³-hybridized carbons (Fsp3) is 0.500. The van der Waals surface area contributed by atoms with E-state index in [1.807, 2.05) is 18.7 Å². The number of hydrogen-bond acceptors (Lipinski definition) is 5. The van der Waals surface area contributed by atoms with Crippen molar-refractivity contribution in [2.24, 2.45) is 0 Å². The van der Waals surface area contributed by atoms with E-state index in [2.05, 4.69) is 0 Å². The lowest BCUT2D eigenvalue weighted by molar-refractivity contribution is -0.158. The standard InChI is InChI=1S/C20H27NO5/c1-13-6-5-7-14(2)21(13)20(24)15(3)26-19(23)11-9-16-8-10-17(22)18(12-16)25-4/h8-15,22H,5-7H2,1-4H3/b11-9+/t13-,14-,15-/m1/s1. The fourth-order valence-electron chi connectivity index (χ4n) is 3.29. The van der Waals surface area contributed by atoms with Crippen molar-refractivity contribution in [2.75, 3.05) is 7.11 Å². The number of esters is 1. The number of likely N-dealkylation sites (tertiary alicyclic amines) is 1. The molecule has 26 heavy (non-hydrogen) atoms. The molecule has 1 heterocycles. The Labute approximate surface area is 154 Å². The molecule has 1 aromatic carbocycles. The summed E-state index contributed by atoms with van der Waals surface area (Å²) in [4.78, 5) is 26.5. The lowest BCUT2D eigenvalue weighted by atomic mass is 9.97. The van der Waals surface area contributed by atoms with Crippen LogP contribution in [0.25, 0.3) is 6.08 Å². The molecule has 0 saturated carbocycles. The first-order chi connectivity index (χ1) is 12.3. The predicted octanol–water partition coefficient (Wildman–Crippen LogP) is 3.14. The monoisotopic (exact) mass is 361 g/mol. The van der Waals surface area contributed by atoms with Crippen LogP contribution in [-0.4, -0.2) is 47.2 Å². The van der Waals surface area contributed by atoms with Crippen molar-refractivity contribution in [3.05, 3.63) is 29.8 Å². The summed E-state index contributed by atoms with van der Waals surface area (Å²) in [6.45, 7) is 5.66. The van der Waals surface area contributed by atoms with Gasteiger partial charge in [0.15, 0.2) is 17.6 Å². The van der Waals surface area contributed by atoms with Crippen molar-refractivity contribution in [2.45, 2.75) is 58.2 Å². The van der Waals surface area contributed by atoms with Crippen LogP contribution in [0.15, 0.2) is 24.3 Å². The molecule has 6 nitrogen and oxygen atoms in total. The quantitative estimate of drug-likeness (QED) is 0.644. The van der Waals surface area contributed by atoms with Crippen molar-refractivity contribution in [1.82, 2.24) is 4.90 Å². The second kappa shape index (κ2) is 8.74. The lowest BCUT2D eigenvalue weighted by Gasteiger charge is -2.40. The molecular formula is C20H27NO5. The molecule has 6 heteroatoms. The predicted molar refractivity (Wildman–Crippen MR) is 98.9 cm³/mol. The van der Waals surface area contributed by atoms with Crippen LogP contribution < -0.4 is 4.74 Å². The first-order valence-corrected chi connectivity index (χ1v) is 8.91. The average molecular weight is 361 g/mol. The van der Waals surface area contributed by atoms with Gasteiger partial charge in [-0.05, 0) is 63.8 Å². The van der Waals surface area contributed by atoms with E-state index < -0.39 is 12.1 Å².